The number of carbonyl (C=O) groups is 2. The van der Waals surface area contributed by atoms with E-state index in [0.29, 0.717) is 0 Å². The number of hydrogen-bond donors (Lipinski definition) is 3. The number of hydrogen-bond acceptors (Lipinski definition) is 3. The third-order valence-electron chi connectivity index (χ3n) is 2.89. The first-order valence-electron chi connectivity index (χ1n) is 5.31. The number of nitrogens with two attached hydrogens (primary N) is 1. The first kappa shape index (κ1) is 12.0. The lowest BCUT2D eigenvalue weighted by atomic mass is 9.84. The molecule has 3 atom stereocenters. The molecule has 1 aliphatic rings. The van der Waals surface area contributed by atoms with Gasteiger partial charge in [-0.3, -0.25) is 9.59 Å². The van der Waals surface area contributed by atoms with E-state index in [0.717, 1.165) is 25.7 Å². The van der Waals surface area contributed by atoms with Gasteiger partial charge in [0.2, 0.25) is 5.91 Å². The highest BCUT2D eigenvalue weighted by atomic mass is 16.4. The summed E-state index contributed by atoms with van der Waals surface area (Å²) in [6.07, 6.45) is 3.66. The number of rotatable bonds is 3. The molecule has 1 amide bonds. The highest BCUT2D eigenvalue weighted by Crippen LogP contribution is 2.23. The van der Waals surface area contributed by atoms with Gasteiger partial charge >= 0.3 is 5.97 Å². The first-order chi connectivity index (χ1) is 7.02. The van der Waals surface area contributed by atoms with E-state index < -0.39 is 12.0 Å². The molecule has 5 heteroatoms. The first-order valence-corrected chi connectivity index (χ1v) is 5.31. The van der Waals surface area contributed by atoms with Crippen molar-refractivity contribution in [3.63, 3.8) is 0 Å². The van der Waals surface area contributed by atoms with E-state index in [9.17, 15) is 9.59 Å². The lowest BCUT2D eigenvalue weighted by Gasteiger charge is -2.28. The van der Waals surface area contributed by atoms with E-state index >= 15 is 0 Å². The summed E-state index contributed by atoms with van der Waals surface area (Å²) >= 11 is 0. The van der Waals surface area contributed by atoms with Crippen LogP contribution in [-0.4, -0.2) is 29.1 Å². The van der Waals surface area contributed by atoms with Crippen LogP contribution in [0.1, 0.15) is 32.6 Å². The van der Waals surface area contributed by atoms with E-state index in [-0.39, 0.29) is 17.9 Å². The summed E-state index contributed by atoms with van der Waals surface area (Å²) in [4.78, 5) is 22.2. The summed E-state index contributed by atoms with van der Waals surface area (Å²) in [5.74, 6) is -1.47. The highest BCUT2D eigenvalue weighted by molar-refractivity contribution is 5.85. The Morgan fingerprint density at radius 3 is 2.53 bits per heavy atom. The number of carbonyl (C=O) groups excluding carboxylic acids is 1. The van der Waals surface area contributed by atoms with Crippen LogP contribution in [0.3, 0.4) is 0 Å². The summed E-state index contributed by atoms with van der Waals surface area (Å²) in [6, 6.07) is -0.966. The van der Waals surface area contributed by atoms with Crippen LogP contribution in [0, 0.1) is 5.92 Å². The Balaban J connectivity index is 2.48. The van der Waals surface area contributed by atoms with Crippen molar-refractivity contribution in [1.29, 1.82) is 0 Å². The van der Waals surface area contributed by atoms with Crippen LogP contribution in [0.5, 0.6) is 0 Å². The molecule has 0 aromatic heterocycles. The van der Waals surface area contributed by atoms with Gasteiger partial charge in [-0.2, -0.15) is 0 Å². The van der Waals surface area contributed by atoms with Crippen molar-refractivity contribution in [3.05, 3.63) is 0 Å². The number of amides is 1. The van der Waals surface area contributed by atoms with E-state index in [4.69, 9.17) is 10.8 Å². The highest BCUT2D eigenvalue weighted by Gasteiger charge is 2.29. The van der Waals surface area contributed by atoms with Crippen molar-refractivity contribution in [3.8, 4) is 0 Å². The third-order valence-corrected chi connectivity index (χ3v) is 2.89. The Kier molecular flexibility index (Phi) is 4.08. The zero-order chi connectivity index (χ0) is 11.4. The van der Waals surface area contributed by atoms with Crippen LogP contribution in [0.4, 0.5) is 0 Å². The normalized spacial score (nSPS) is 28.1. The molecule has 4 N–H and O–H groups in total. The molecule has 0 heterocycles. The summed E-state index contributed by atoms with van der Waals surface area (Å²) in [5, 5.41) is 11.1. The Bertz CT molecular complexity index is 255. The Morgan fingerprint density at radius 2 is 2.00 bits per heavy atom. The molecule has 1 fully saturated rings. The number of aliphatic carboxylic acids is 1. The van der Waals surface area contributed by atoms with Crippen molar-refractivity contribution in [2.24, 2.45) is 11.7 Å². The van der Waals surface area contributed by atoms with Crippen molar-refractivity contribution >= 4 is 11.9 Å². The smallest absolute Gasteiger partial charge is 0.325 e. The van der Waals surface area contributed by atoms with Crippen LogP contribution in [-0.2, 0) is 9.59 Å². The van der Waals surface area contributed by atoms with E-state index in [1.807, 2.05) is 0 Å². The molecule has 0 radical (unpaired) electrons. The molecule has 86 valence electrons. The lowest BCUT2D eigenvalue weighted by Crippen LogP contribution is -2.48. The van der Waals surface area contributed by atoms with Gasteiger partial charge in [-0.1, -0.05) is 12.8 Å². The molecule has 0 aliphatic heterocycles. The SMILES string of the molecule is C[C@@H](NC(=O)C1CCCCC1N)C(=O)O. The topological polar surface area (TPSA) is 92.4 Å². The predicted molar refractivity (Wildman–Crippen MR) is 55.2 cm³/mol. The van der Waals surface area contributed by atoms with Gasteiger partial charge in [0.1, 0.15) is 6.04 Å². The maximum Gasteiger partial charge on any atom is 0.325 e. The zero-order valence-corrected chi connectivity index (χ0v) is 8.90. The van der Waals surface area contributed by atoms with Gasteiger partial charge < -0.3 is 16.2 Å². The van der Waals surface area contributed by atoms with Gasteiger partial charge in [-0.25, -0.2) is 0 Å². The van der Waals surface area contributed by atoms with Crippen LogP contribution < -0.4 is 11.1 Å². The minimum Gasteiger partial charge on any atom is -0.480 e. The predicted octanol–water partition coefficient (Wildman–Crippen LogP) is 0.0932. The second-order valence-corrected chi connectivity index (χ2v) is 4.12. The number of carboxylic acid groups (broad SMARTS) is 1. The summed E-state index contributed by atoms with van der Waals surface area (Å²) in [5.41, 5.74) is 5.82. The average Bonchev–Trinajstić information content (AvgIpc) is 2.18. The number of carboxylic acids is 1. The van der Waals surface area contributed by atoms with Crippen molar-refractivity contribution in [1.82, 2.24) is 5.32 Å². The second-order valence-electron chi connectivity index (χ2n) is 4.12. The van der Waals surface area contributed by atoms with Gasteiger partial charge in [0.15, 0.2) is 0 Å². The van der Waals surface area contributed by atoms with Crippen molar-refractivity contribution in [2.75, 3.05) is 0 Å². The van der Waals surface area contributed by atoms with Crippen LogP contribution >= 0.6 is 0 Å². The minimum atomic E-state index is -1.02. The van der Waals surface area contributed by atoms with Gasteiger partial charge in [-0.05, 0) is 19.8 Å². The molecule has 2 unspecified atom stereocenters. The van der Waals surface area contributed by atoms with Gasteiger partial charge in [0.05, 0.1) is 5.92 Å². The van der Waals surface area contributed by atoms with Crippen molar-refractivity contribution in [2.45, 2.75) is 44.7 Å². The molecule has 0 aromatic carbocycles. The molecule has 15 heavy (non-hydrogen) atoms. The van der Waals surface area contributed by atoms with Crippen LogP contribution in [0.2, 0.25) is 0 Å². The van der Waals surface area contributed by atoms with E-state index in [2.05, 4.69) is 5.32 Å². The fourth-order valence-corrected chi connectivity index (χ4v) is 1.87. The molecule has 0 bridgehead atoms. The van der Waals surface area contributed by atoms with Crippen molar-refractivity contribution < 1.29 is 14.7 Å². The van der Waals surface area contributed by atoms with Gasteiger partial charge in [0.25, 0.3) is 0 Å². The molecular formula is C10H18N2O3. The molecule has 1 rings (SSSR count). The lowest BCUT2D eigenvalue weighted by molar-refractivity contribution is -0.142. The quantitative estimate of drug-likeness (QED) is 0.621. The molecule has 1 aliphatic carbocycles. The second kappa shape index (κ2) is 5.11. The minimum absolute atomic E-state index is 0.125. The summed E-state index contributed by atoms with van der Waals surface area (Å²) in [7, 11) is 0. The third kappa shape index (κ3) is 3.20. The fourth-order valence-electron chi connectivity index (χ4n) is 1.87. The van der Waals surface area contributed by atoms with Crippen LogP contribution in [0.25, 0.3) is 0 Å². The molecule has 0 saturated heterocycles. The summed E-state index contributed by atoms with van der Waals surface area (Å²) < 4.78 is 0. The fraction of sp³-hybridized carbons (Fsp3) is 0.800. The molecular weight excluding hydrogens is 196 g/mol. The average molecular weight is 214 g/mol. The number of nitrogens with one attached hydrogen (secondary N) is 1. The monoisotopic (exact) mass is 214 g/mol. The Hall–Kier alpha value is -1.10. The maximum absolute atomic E-state index is 11.7. The molecule has 5 nitrogen and oxygen atoms in total. The zero-order valence-electron chi connectivity index (χ0n) is 8.90. The molecule has 1 saturated carbocycles. The van der Waals surface area contributed by atoms with E-state index in [1.54, 1.807) is 0 Å². The standard InChI is InChI=1S/C10H18N2O3/c1-6(10(14)15)12-9(13)7-4-2-3-5-8(7)11/h6-8H,2-5,11H2,1H3,(H,12,13)(H,14,15)/t6-,7?,8?/m1/s1. The van der Waals surface area contributed by atoms with E-state index in [1.165, 1.54) is 6.92 Å². The Morgan fingerprint density at radius 1 is 1.40 bits per heavy atom. The molecule has 0 aromatic rings. The Labute approximate surface area is 89.0 Å². The molecule has 0 spiro atoms. The van der Waals surface area contributed by atoms with Crippen LogP contribution in [0.15, 0.2) is 0 Å². The summed E-state index contributed by atoms with van der Waals surface area (Å²) in [6.45, 7) is 1.45. The largest absolute Gasteiger partial charge is 0.480 e. The maximum atomic E-state index is 11.7. The van der Waals surface area contributed by atoms with Gasteiger partial charge in [0, 0.05) is 6.04 Å². The van der Waals surface area contributed by atoms with Gasteiger partial charge in [-0.15, -0.1) is 0 Å².